The van der Waals surface area contributed by atoms with Gasteiger partial charge in [-0.2, -0.15) is 0 Å². The molecule has 0 fully saturated rings. The van der Waals surface area contributed by atoms with Crippen LogP contribution in [0.1, 0.15) is 27.0 Å². The lowest BCUT2D eigenvalue weighted by atomic mass is 9.92. The third-order valence-electron chi connectivity index (χ3n) is 5.18. The van der Waals surface area contributed by atoms with E-state index in [0.717, 1.165) is 16.7 Å². The van der Waals surface area contributed by atoms with Crippen molar-refractivity contribution in [3.8, 4) is 0 Å². The number of carbonyl (C=O) groups is 2. The van der Waals surface area contributed by atoms with Gasteiger partial charge in [0.25, 0.3) is 0 Å². The van der Waals surface area contributed by atoms with Crippen LogP contribution < -0.4 is 5.32 Å². The lowest BCUT2D eigenvalue weighted by molar-refractivity contribution is 0.0145. The van der Waals surface area contributed by atoms with Crippen molar-refractivity contribution in [2.24, 2.45) is 0 Å². The van der Waals surface area contributed by atoms with Gasteiger partial charge in [-0.05, 0) is 29.2 Å². The average Bonchev–Trinajstić information content (AvgIpc) is 2.79. The van der Waals surface area contributed by atoms with Gasteiger partial charge < -0.3 is 14.8 Å². The van der Waals surface area contributed by atoms with Crippen LogP contribution in [0.2, 0.25) is 0 Å². The second-order valence-electron chi connectivity index (χ2n) is 7.31. The predicted octanol–water partition coefficient (Wildman–Crippen LogP) is 4.31. The Morgan fingerprint density at radius 3 is 2.30 bits per heavy atom. The maximum atomic E-state index is 12.5. The second kappa shape index (κ2) is 9.27. The zero-order valence-corrected chi connectivity index (χ0v) is 16.5. The first kappa shape index (κ1) is 19.7. The molecule has 0 saturated heterocycles. The number of ether oxygens (including phenoxy) is 2. The molecule has 1 aliphatic rings. The molecule has 0 aromatic heterocycles. The van der Waals surface area contributed by atoms with Gasteiger partial charge in [0.1, 0.15) is 12.7 Å². The molecule has 0 saturated carbocycles. The standard InChI is InChI=1S/C25H23NO4/c27-24-21-14-8-7-13-20(21)16-23(30-24)22(15-18-9-3-1-4-10-18)26-25(28)29-17-19-11-5-2-6-12-19/h1-14,22-23H,15-17H2,(H,26,28)/t22-,23+/m1/s1. The van der Waals surface area contributed by atoms with E-state index in [2.05, 4.69) is 5.32 Å². The summed E-state index contributed by atoms with van der Waals surface area (Å²) in [4.78, 5) is 25.0. The molecule has 2 atom stereocenters. The molecule has 0 radical (unpaired) electrons. The number of alkyl carbamates (subject to hydrolysis) is 1. The normalized spacial score (nSPS) is 16.1. The number of hydrogen-bond acceptors (Lipinski definition) is 4. The maximum Gasteiger partial charge on any atom is 0.407 e. The van der Waals surface area contributed by atoms with Crippen molar-refractivity contribution in [3.05, 3.63) is 107 Å². The molecule has 0 bridgehead atoms. The molecule has 5 nitrogen and oxygen atoms in total. The number of rotatable bonds is 6. The number of benzene rings is 3. The zero-order chi connectivity index (χ0) is 20.8. The van der Waals surface area contributed by atoms with Crippen molar-refractivity contribution in [1.82, 2.24) is 5.32 Å². The fraction of sp³-hybridized carbons (Fsp3) is 0.200. The number of cyclic esters (lactones) is 1. The van der Waals surface area contributed by atoms with E-state index in [-0.39, 0.29) is 12.6 Å². The number of hydrogen-bond donors (Lipinski definition) is 1. The van der Waals surface area contributed by atoms with Gasteiger partial charge in [-0.3, -0.25) is 0 Å². The van der Waals surface area contributed by atoms with E-state index in [1.54, 1.807) is 6.07 Å². The summed E-state index contributed by atoms with van der Waals surface area (Å²) in [7, 11) is 0. The summed E-state index contributed by atoms with van der Waals surface area (Å²) in [6.45, 7) is 0.179. The van der Waals surface area contributed by atoms with Gasteiger partial charge in [0.05, 0.1) is 11.6 Å². The first-order valence-electron chi connectivity index (χ1n) is 9.99. The van der Waals surface area contributed by atoms with Crippen molar-refractivity contribution in [2.75, 3.05) is 0 Å². The Balaban J connectivity index is 1.48. The quantitative estimate of drug-likeness (QED) is 0.626. The van der Waals surface area contributed by atoms with Gasteiger partial charge in [-0.25, -0.2) is 9.59 Å². The van der Waals surface area contributed by atoms with Crippen LogP contribution in [0.25, 0.3) is 0 Å². The van der Waals surface area contributed by atoms with E-state index in [4.69, 9.17) is 9.47 Å². The van der Waals surface area contributed by atoms with Gasteiger partial charge in [0.2, 0.25) is 0 Å². The molecule has 0 unspecified atom stereocenters. The molecule has 152 valence electrons. The third kappa shape index (κ3) is 4.87. The number of carbonyl (C=O) groups excluding carboxylic acids is 2. The minimum absolute atomic E-state index is 0.179. The Morgan fingerprint density at radius 2 is 1.57 bits per heavy atom. The fourth-order valence-electron chi connectivity index (χ4n) is 3.64. The predicted molar refractivity (Wildman–Crippen MR) is 113 cm³/mol. The Bertz CT molecular complexity index is 1000. The molecular formula is C25H23NO4. The Morgan fingerprint density at radius 1 is 0.933 bits per heavy atom. The summed E-state index contributed by atoms with van der Waals surface area (Å²) in [5.74, 6) is -0.362. The summed E-state index contributed by atoms with van der Waals surface area (Å²) >= 11 is 0. The summed E-state index contributed by atoms with van der Waals surface area (Å²) in [6.07, 6.45) is 0.0614. The maximum absolute atomic E-state index is 12.5. The molecule has 1 amide bonds. The van der Waals surface area contributed by atoms with Crippen molar-refractivity contribution >= 4 is 12.1 Å². The number of esters is 1. The Labute approximate surface area is 175 Å². The van der Waals surface area contributed by atoms with Crippen LogP contribution in [0.15, 0.2) is 84.9 Å². The van der Waals surface area contributed by atoms with E-state index >= 15 is 0 Å². The van der Waals surface area contributed by atoms with Crippen molar-refractivity contribution in [2.45, 2.75) is 31.6 Å². The number of fused-ring (bicyclic) bond motifs is 1. The number of nitrogens with one attached hydrogen (secondary N) is 1. The zero-order valence-electron chi connectivity index (χ0n) is 16.5. The van der Waals surface area contributed by atoms with Crippen LogP contribution in [-0.2, 0) is 28.9 Å². The van der Waals surface area contributed by atoms with Crippen LogP contribution >= 0.6 is 0 Å². The lowest BCUT2D eigenvalue weighted by Crippen LogP contribution is -2.49. The smallest absolute Gasteiger partial charge is 0.407 e. The van der Waals surface area contributed by atoms with E-state index in [1.807, 2.05) is 78.9 Å². The van der Waals surface area contributed by atoms with Gasteiger partial charge in [0.15, 0.2) is 0 Å². The van der Waals surface area contributed by atoms with Crippen molar-refractivity contribution < 1.29 is 19.1 Å². The highest BCUT2D eigenvalue weighted by Crippen LogP contribution is 2.24. The van der Waals surface area contributed by atoms with Crippen LogP contribution in [-0.4, -0.2) is 24.2 Å². The van der Waals surface area contributed by atoms with E-state index < -0.39 is 18.2 Å². The third-order valence-corrected chi connectivity index (χ3v) is 5.18. The molecule has 30 heavy (non-hydrogen) atoms. The van der Waals surface area contributed by atoms with E-state index in [0.29, 0.717) is 18.4 Å². The van der Waals surface area contributed by atoms with Crippen LogP contribution in [0.4, 0.5) is 4.79 Å². The molecule has 1 aliphatic heterocycles. The van der Waals surface area contributed by atoms with Crippen LogP contribution in [0.5, 0.6) is 0 Å². The Hall–Kier alpha value is -3.60. The van der Waals surface area contributed by atoms with Crippen molar-refractivity contribution in [3.63, 3.8) is 0 Å². The largest absolute Gasteiger partial charge is 0.456 e. The SMILES string of the molecule is O=C(N[C@H](Cc1ccccc1)[C@@H]1Cc2ccccc2C(=O)O1)OCc1ccccc1. The molecule has 3 aromatic carbocycles. The van der Waals surface area contributed by atoms with Crippen LogP contribution in [0.3, 0.4) is 0 Å². The lowest BCUT2D eigenvalue weighted by Gasteiger charge is -2.31. The molecule has 0 aliphatic carbocycles. The molecule has 1 heterocycles. The van der Waals surface area contributed by atoms with Gasteiger partial charge in [-0.15, -0.1) is 0 Å². The first-order chi connectivity index (χ1) is 14.7. The topological polar surface area (TPSA) is 64.6 Å². The fourth-order valence-corrected chi connectivity index (χ4v) is 3.64. The minimum atomic E-state index is -0.533. The van der Waals surface area contributed by atoms with Gasteiger partial charge >= 0.3 is 12.1 Å². The first-order valence-corrected chi connectivity index (χ1v) is 9.99. The summed E-state index contributed by atoms with van der Waals surface area (Å²) < 4.78 is 11.1. The highest BCUT2D eigenvalue weighted by Gasteiger charge is 2.33. The molecule has 4 rings (SSSR count). The molecule has 1 N–H and O–H groups in total. The minimum Gasteiger partial charge on any atom is -0.456 e. The second-order valence-corrected chi connectivity index (χ2v) is 7.31. The van der Waals surface area contributed by atoms with Crippen LogP contribution in [0, 0.1) is 0 Å². The molecule has 5 heteroatoms. The van der Waals surface area contributed by atoms with Gasteiger partial charge in [-0.1, -0.05) is 78.9 Å². The summed E-state index contributed by atoms with van der Waals surface area (Å²) in [5.41, 5.74) is 3.46. The average molecular weight is 401 g/mol. The van der Waals surface area contributed by atoms with E-state index in [9.17, 15) is 9.59 Å². The highest BCUT2D eigenvalue weighted by atomic mass is 16.6. The van der Waals surface area contributed by atoms with Gasteiger partial charge in [0, 0.05) is 6.42 Å². The van der Waals surface area contributed by atoms with E-state index in [1.165, 1.54) is 0 Å². The number of amides is 1. The molecule has 0 spiro atoms. The van der Waals surface area contributed by atoms with Crippen molar-refractivity contribution in [1.29, 1.82) is 0 Å². The Kier molecular flexibility index (Phi) is 6.09. The highest BCUT2D eigenvalue weighted by molar-refractivity contribution is 5.92. The molecular weight excluding hydrogens is 378 g/mol. The summed E-state index contributed by atoms with van der Waals surface area (Å²) in [5, 5.41) is 2.92. The molecule has 3 aromatic rings. The summed E-state index contributed by atoms with van der Waals surface area (Å²) in [6, 6.07) is 26.3. The monoisotopic (exact) mass is 401 g/mol.